The first-order chi connectivity index (χ1) is 9.81. The minimum absolute atomic E-state index is 0.0723. The molecule has 0 aliphatic carbocycles. The summed E-state index contributed by atoms with van der Waals surface area (Å²) in [6.07, 6.45) is 1.98. The molecule has 1 atom stereocenters. The number of carbonyl (C=O) groups excluding carboxylic acids is 1. The molecule has 2 N–H and O–H groups in total. The normalized spacial score (nSPS) is 20.8. The Morgan fingerprint density at radius 1 is 1.48 bits per heavy atom. The van der Waals surface area contributed by atoms with Crippen LogP contribution < -0.4 is 10.6 Å². The van der Waals surface area contributed by atoms with Crippen molar-refractivity contribution in [2.75, 3.05) is 11.9 Å². The number of hydrogen-bond donors (Lipinski definition) is 2. The van der Waals surface area contributed by atoms with E-state index in [1.807, 2.05) is 13.8 Å². The molecule has 1 aromatic rings. The number of rotatable bonds is 3. The minimum Gasteiger partial charge on any atom is -0.319 e. The molecule has 6 heteroatoms. The van der Waals surface area contributed by atoms with E-state index in [1.54, 1.807) is 19.1 Å². The molecule has 0 bridgehead atoms. The molecular formula is C15H21N3O3. The van der Waals surface area contributed by atoms with E-state index in [0.29, 0.717) is 0 Å². The molecule has 0 aromatic heterocycles. The lowest BCUT2D eigenvalue weighted by atomic mass is 9.77. The summed E-state index contributed by atoms with van der Waals surface area (Å²) in [6.45, 7) is 6.64. The van der Waals surface area contributed by atoms with Gasteiger partial charge in [0, 0.05) is 6.07 Å². The van der Waals surface area contributed by atoms with Crippen molar-refractivity contribution in [3.63, 3.8) is 0 Å². The largest absolute Gasteiger partial charge is 0.319 e. The summed E-state index contributed by atoms with van der Waals surface area (Å²) in [7, 11) is 0. The number of benzene rings is 1. The molecule has 0 radical (unpaired) electrons. The Labute approximate surface area is 124 Å². The molecule has 0 saturated carbocycles. The van der Waals surface area contributed by atoms with Crippen LogP contribution in [0.15, 0.2) is 18.2 Å². The lowest BCUT2D eigenvalue weighted by Crippen LogP contribution is -2.53. The zero-order valence-electron chi connectivity index (χ0n) is 12.6. The number of carbonyl (C=O) groups is 1. The van der Waals surface area contributed by atoms with Gasteiger partial charge in [0.25, 0.3) is 5.69 Å². The third-order valence-electron chi connectivity index (χ3n) is 4.00. The highest BCUT2D eigenvalue weighted by molar-refractivity contribution is 5.97. The van der Waals surface area contributed by atoms with Gasteiger partial charge in [-0.25, -0.2) is 0 Å². The fourth-order valence-corrected chi connectivity index (χ4v) is 2.76. The van der Waals surface area contributed by atoms with E-state index in [4.69, 9.17) is 0 Å². The molecular weight excluding hydrogens is 270 g/mol. The minimum atomic E-state index is -0.470. The van der Waals surface area contributed by atoms with Gasteiger partial charge >= 0.3 is 0 Å². The van der Waals surface area contributed by atoms with E-state index >= 15 is 0 Å². The van der Waals surface area contributed by atoms with Crippen LogP contribution in [-0.4, -0.2) is 23.4 Å². The van der Waals surface area contributed by atoms with E-state index in [1.165, 1.54) is 6.07 Å². The van der Waals surface area contributed by atoms with Crippen molar-refractivity contribution < 1.29 is 9.72 Å². The highest BCUT2D eigenvalue weighted by atomic mass is 16.6. The van der Waals surface area contributed by atoms with Crippen LogP contribution in [0.3, 0.4) is 0 Å². The lowest BCUT2D eigenvalue weighted by Gasteiger charge is -2.38. The van der Waals surface area contributed by atoms with Crippen LogP contribution >= 0.6 is 0 Å². The average Bonchev–Trinajstić information content (AvgIpc) is 2.39. The van der Waals surface area contributed by atoms with Gasteiger partial charge in [0.1, 0.15) is 5.69 Å². The lowest BCUT2D eigenvalue weighted by molar-refractivity contribution is -0.384. The highest BCUT2D eigenvalue weighted by Crippen LogP contribution is 2.32. The Morgan fingerprint density at radius 3 is 2.81 bits per heavy atom. The van der Waals surface area contributed by atoms with Crippen molar-refractivity contribution in [1.82, 2.24) is 5.32 Å². The Hall–Kier alpha value is -1.95. The standard InChI is InChI=1S/C15H21N3O3/c1-10-5-6-11(12(9-10)18(20)21)17-14(19)13-15(2,3)7-4-8-16-13/h5-6,9,13,16H,4,7-8H2,1-3H3,(H,17,19). The van der Waals surface area contributed by atoms with E-state index in [0.717, 1.165) is 24.9 Å². The summed E-state index contributed by atoms with van der Waals surface area (Å²) in [5.74, 6) is -0.216. The first-order valence-corrected chi connectivity index (χ1v) is 7.10. The monoisotopic (exact) mass is 291 g/mol. The summed E-state index contributed by atoms with van der Waals surface area (Å²) < 4.78 is 0. The topological polar surface area (TPSA) is 84.3 Å². The van der Waals surface area contributed by atoms with E-state index in [2.05, 4.69) is 10.6 Å². The maximum atomic E-state index is 12.4. The maximum Gasteiger partial charge on any atom is 0.293 e. The summed E-state index contributed by atoms with van der Waals surface area (Å²) >= 11 is 0. The van der Waals surface area contributed by atoms with Gasteiger partial charge in [-0.15, -0.1) is 0 Å². The zero-order valence-corrected chi connectivity index (χ0v) is 12.6. The smallest absolute Gasteiger partial charge is 0.293 e. The van der Waals surface area contributed by atoms with Gasteiger partial charge in [0.2, 0.25) is 5.91 Å². The van der Waals surface area contributed by atoms with Crippen LogP contribution in [0.25, 0.3) is 0 Å². The van der Waals surface area contributed by atoms with E-state index in [9.17, 15) is 14.9 Å². The van der Waals surface area contributed by atoms with Gasteiger partial charge in [-0.2, -0.15) is 0 Å². The second kappa shape index (κ2) is 5.81. The first-order valence-electron chi connectivity index (χ1n) is 7.10. The molecule has 1 aliphatic heterocycles. The summed E-state index contributed by atoms with van der Waals surface area (Å²) in [5.41, 5.74) is 0.800. The van der Waals surface area contributed by atoms with Crippen molar-refractivity contribution >= 4 is 17.3 Å². The second-order valence-corrected chi connectivity index (χ2v) is 6.25. The number of aryl methyl sites for hydroxylation is 1. The van der Waals surface area contributed by atoms with Crippen LogP contribution in [0.2, 0.25) is 0 Å². The first kappa shape index (κ1) is 15.4. The molecule has 1 aromatic carbocycles. The fourth-order valence-electron chi connectivity index (χ4n) is 2.76. The molecule has 21 heavy (non-hydrogen) atoms. The van der Waals surface area contributed by atoms with Gasteiger partial charge in [0.15, 0.2) is 0 Å². The average molecular weight is 291 g/mol. The molecule has 1 unspecified atom stereocenters. The number of hydrogen-bond acceptors (Lipinski definition) is 4. The zero-order chi connectivity index (χ0) is 15.6. The number of anilines is 1. The van der Waals surface area contributed by atoms with Crippen LogP contribution in [0.4, 0.5) is 11.4 Å². The van der Waals surface area contributed by atoms with Crippen LogP contribution in [0.1, 0.15) is 32.3 Å². The number of amides is 1. The summed E-state index contributed by atoms with van der Waals surface area (Å²) in [4.78, 5) is 23.1. The summed E-state index contributed by atoms with van der Waals surface area (Å²) in [5, 5.41) is 17.0. The van der Waals surface area contributed by atoms with Gasteiger partial charge < -0.3 is 10.6 Å². The molecule has 6 nitrogen and oxygen atoms in total. The predicted molar refractivity (Wildman–Crippen MR) is 81.3 cm³/mol. The quantitative estimate of drug-likeness (QED) is 0.662. The van der Waals surface area contributed by atoms with Crippen molar-refractivity contribution in [2.24, 2.45) is 5.41 Å². The molecule has 1 aliphatic rings. The molecule has 1 fully saturated rings. The van der Waals surface area contributed by atoms with Gasteiger partial charge in [-0.3, -0.25) is 14.9 Å². The van der Waals surface area contributed by atoms with Crippen molar-refractivity contribution in [2.45, 2.75) is 39.7 Å². The van der Waals surface area contributed by atoms with Crippen LogP contribution in [0, 0.1) is 22.5 Å². The third-order valence-corrected chi connectivity index (χ3v) is 4.00. The van der Waals surface area contributed by atoms with Gasteiger partial charge in [-0.05, 0) is 43.4 Å². The Kier molecular flexibility index (Phi) is 4.27. The fraction of sp³-hybridized carbons (Fsp3) is 0.533. The molecule has 0 spiro atoms. The van der Waals surface area contributed by atoms with Gasteiger partial charge in [-0.1, -0.05) is 19.9 Å². The van der Waals surface area contributed by atoms with Crippen LogP contribution in [-0.2, 0) is 4.79 Å². The highest BCUT2D eigenvalue weighted by Gasteiger charge is 2.37. The van der Waals surface area contributed by atoms with Crippen LogP contribution in [0.5, 0.6) is 0 Å². The van der Waals surface area contributed by atoms with Gasteiger partial charge in [0.05, 0.1) is 11.0 Å². The number of nitro groups is 1. The molecule has 114 valence electrons. The molecule has 1 amide bonds. The van der Waals surface area contributed by atoms with Crippen molar-refractivity contribution in [3.8, 4) is 0 Å². The molecule has 1 heterocycles. The number of nitro benzene ring substituents is 1. The van der Waals surface area contributed by atoms with E-state index < -0.39 is 4.92 Å². The predicted octanol–water partition coefficient (Wildman–Crippen LogP) is 2.62. The third kappa shape index (κ3) is 3.39. The maximum absolute atomic E-state index is 12.4. The Balaban J connectivity index is 2.22. The second-order valence-electron chi connectivity index (χ2n) is 6.25. The van der Waals surface area contributed by atoms with Crippen molar-refractivity contribution in [3.05, 3.63) is 33.9 Å². The number of nitrogens with zero attached hydrogens (tertiary/aromatic N) is 1. The molecule has 1 saturated heterocycles. The summed E-state index contributed by atoms with van der Waals surface area (Å²) in [6, 6.07) is 4.46. The Bertz CT molecular complexity index is 569. The number of piperidine rings is 1. The number of nitrogens with one attached hydrogen (secondary N) is 2. The van der Waals surface area contributed by atoms with E-state index in [-0.39, 0.29) is 28.7 Å². The van der Waals surface area contributed by atoms with Crippen molar-refractivity contribution in [1.29, 1.82) is 0 Å². The molecule has 2 rings (SSSR count). The Morgan fingerprint density at radius 2 is 2.19 bits per heavy atom. The SMILES string of the molecule is Cc1ccc(NC(=O)C2NCCCC2(C)C)c([N+](=O)[O-])c1.